The van der Waals surface area contributed by atoms with E-state index >= 15 is 0 Å². The molecule has 6 heteroatoms. The van der Waals surface area contributed by atoms with Gasteiger partial charge in [-0.3, -0.25) is 4.90 Å². The molecule has 0 atom stereocenters. The van der Waals surface area contributed by atoms with Crippen LogP contribution < -0.4 is 5.32 Å². The van der Waals surface area contributed by atoms with E-state index in [1.807, 2.05) is 12.1 Å². The van der Waals surface area contributed by atoms with Crippen LogP contribution in [0.15, 0.2) is 12.1 Å². The molecule has 1 N–H and O–H groups in total. The number of nitrogens with one attached hydrogen (secondary N) is 1. The summed E-state index contributed by atoms with van der Waals surface area (Å²) in [5.74, 6) is 0. The van der Waals surface area contributed by atoms with Crippen molar-refractivity contribution in [2.75, 3.05) is 6.54 Å². The monoisotopic (exact) mass is 306 g/mol. The maximum atomic E-state index is 12.5. The number of nitrogens with zero attached hydrogens (tertiary/aromatic N) is 1. The van der Waals surface area contributed by atoms with Gasteiger partial charge in [0, 0.05) is 34.9 Å². The lowest BCUT2D eigenvalue weighted by atomic mass is 10.3. The maximum absolute atomic E-state index is 12.5. The maximum Gasteiger partial charge on any atom is 0.401 e. The van der Waals surface area contributed by atoms with Crippen LogP contribution in [0.2, 0.25) is 0 Å². The van der Waals surface area contributed by atoms with Crippen LogP contribution in [-0.2, 0) is 13.1 Å². The summed E-state index contributed by atoms with van der Waals surface area (Å²) in [4.78, 5) is 3.65. The fraction of sp³-hybridized carbons (Fsp3) is 0.714. The highest BCUT2D eigenvalue weighted by Gasteiger charge is 2.31. The number of rotatable bonds is 7. The van der Waals surface area contributed by atoms with Crippen LogP contribution in [0.3, 0.4) is 0 Å². The van der Waals surface area contributed by atoms with Crippen LogP contribution in [0.1, 0.15) is 36.4 Å². The van der Waals surface area contributed by atoms with E-state index in [-0.39, 0.29) is 6.04 Å². The molecule has 0 radical (unpaired) electrons. The molecule has 0 aliphatic heterocycles. The zero-order valence-electron chi connectivity index (χ0n) is 11.8. The van der Waals surface area contributed by atoms with Gasteiger partial charge >= 0.3 is 6.18 Å². The van der Waals surface area contributed by atoms with Crippen molar-refractivity contribution in [3.05, 3.63) is 21.9 Å². The highest BCUT2D eigenvalue weighted by molar-refractivity contribution is 7.11. The van der Waals surface area contributed by atoms with Crippen LogP contribution in [-0.4, -0.2) is 29.7 Å². The summed E-state index contributed by atoms with van der Waals surface area (Å²) in [6.07, 6.45) is -1.66. The average Bonchev–Trinajstić information content (AvgIpc) is 3.04. The molecular weight excluding hydrogens is 285 g/mol. The first-order valence-corrected chi connectivity index (χ1v) is 7.77. The van der Waals surface area contributed by atoms with Gasteiger partial charge in [-0.05, 0) is 38.8 Å². The zero-order chi connectivity index (χ0) is 14.8. The van der Waals surface area contributed by atoms with Gasteiger partial charge in [-0.25, -0.2) is 0 Å². The number of halogens is 3. The summed E-state index contributed by atoms with van der Waals surface area (Å²) in [6.45, 7) is 3.95. The number of hydrogen-bond donors (Lipinski definition) is 1. The number of hydrogen-bond acceptors (Lipinski definition) is 3. The van der Waals surface area contributed by atoms with E-state index in [0.29, 0.717) is 12.6 Å². The van der Waals surface area contributed by atoms with Crippen LogP contribution >= 0.6 is 11.3 Å². The highest BCUT2D eigenvalue weighted by atomic mass is 32.1. The van der Waals surface area contributed by atoms with E-state index in [1.54, 1.807) is 25.2 Å². The largest absolute Gasteiger partial charge is 0.401 e. The molecular formula is C14H21F3N2S. The molecule has 0 unspecified atom stereocenters. The number of alkyl halides is 3. The van der Waals surface area contributed by atoms with Crippen molar-refractivity contribution in [2.45, 2.75) is 58.0 Å². The first kappa shape index (κ1) is 15.8. The van der Waals surface area contributed by atoms with E-state index in [1.165, 1.54) is 22.6 Å². The summed E-state index contributed by atoms with van der Waals surface area (Å²) < 4.78 is 37.6. The Morgan fingerprint density at radius 3 is 2.50 bits per heavy atom. The summed E-state index contributed by atoms with van der Waals surface area (Å²) in [6, 6.07) is 4.49. The van der Waals surface area contributed by atoms with E-state index < -0.39 is 12.7 Å². The molecule has 114 valence electrons. The minimum absolute atomic E-state index is 0.119. The standard InChI is InChI=1S/C14H21F3N2S/c1-10(2)19(9-14(15,16)17)8-13-6-5-12(20-13)7-18-11-3-4-11/h5-6,10-11,18H,3-4,7-9H2,1-2H3. The fourth-order valence-corrected chi connectivity index (χ4v) is 2.98. The lowest BCUT2D eigenvalue weighted by Crippen LogP contribution is -2.38. The van der Waals surface area contributed by atoms with E-state index in [0.717, 1.165) is 11.4 Å². The van der Waals surface area contributed by atoms with Crippen molar-refractivity contribution < 1.29 is 13.2 Å². The van der Waals surface area contributed by atoms with Crippen molar-refractivity contribution in [3.8, 4) is 0 Å². The van der Waals surface area contributed by atoms with Crippen molar-refractivity contribution >= 4 is 11.3 Å². The third kappa shape index (κ3) is 5.42. The molecule has 20 heavy (non-hydrogen) atoms. The molecule has 1 saturated carbocycles. The molecule has 1 aliphatic carbocycles. The van der Waals surface area contributed by atoms with Gasteiger partial charge in [0.2, 0.25) is 0 Å². The lowest BCUT2D eigenvalue weighted by Gasteiger charge is -2.26. The summed E-state index contributed by atoms with van der Waals surface area (Å²) >= 11 is 1.60. The van der Waals surface area contributed by atoms with E-state index in [9.17, 15) is 13.2 Å². The van der Waals surface area contributed by atoms with Gasteiger partial charge in [0.15, 0.2) is 0 Å². The average molecular weight is 306 g/mol. The molecule has 1 aromatic rings. The normalized spacial score (nSPS) is 16.4. The molecule has 1 heterocycles. The molecule has 1 aromatic heterocycles. The predicted molar refractivity (Wildman–Crippen MR) is 75.8 cm³/mol. The predicted octanol–water partition coefficient (Wildman–Crippen LogP) is 3.77. The second-order valence-corrected chi connectivity index (χ2v) is 6.89. The van der Waals surface area contributed by atoms with Crippen LogP contribution in [0, 0.1) is 0 Å². The van der Waals surface area contributed by atoms with Crippen molar-refractivity contribution in [3.63, 3.8) is 0 Å². The molecule has 2 rings (SSSR count). The van der Waals surface area contributed by atoms with Crippen molar-refractivity contribution in [1.82, 2.24) is 10.2 Å². The van der Waals surface area contributed by atoms with E-state index in [4.69, 9.17) is 0 Å². The Labute approximate surface area is 122 Å². The highest BCUT2D eigenvalue weighted by Crippen LogP contribution is 2.24. The zero-order valence-corrected chi connectivity index (χ0v) is 12.7. The number of thiophene rings is 1. The smallest absolute Gasteiger partial charge is 0.309 e. The summed E-state index contributed by atoms with van der Waals surface area (Å²) in [5, 5.41) is 3.42. The summed E-state index contributed by atoms with van der Waals surface area (Å²) in [7, 11) is 0. The molecule has 2 nitrogen and oxygen atoms in total. The van der Waals surface area contributed by atoms with Gasteiger partial charge in [0.05, 0.1) is 6.54 Å². The van der Waals surface area contributed by atoms with E-state index in [2.05, 4.69) is 5.32 Å². The molecule has 0 bridgehead atoms. The van der Waals surface area contributed by atoms with Gasteiger partial charge in [-0.15, -0.1) is 11.3 Å². The van der Waals surface area contributed by atoms with Gasteiger partial charge in [-0.2, -0.15) is 13.2 Å². The third-order valence-corrected chi connectivity index (χ3v) is 4.40. The van der Waals surface area contributed by atoms with Crippen LogP contribution in [0.25, 0.3) is 0 Å². The third-order valence-electron chi connectivity index (χ3n) is 3.33. The second-order valence-electron chi connectivity index (χ2n) is 5.64. The lowest BCUT2D eigenvalue weighted by molar-refractivity contribution is -0.150. The Hall–Kier alpha value is -0.590. The van der Waals surface area contributed by atoms with Gasteiger partial charge in [-0.1, -0.05) is 0 Å². The SMILES string of the molecule is CC(C)N(Cc1ccc(CNC2CC2)s1)CC(F)(F)F. The fourth-order valence-electron chi connectivity index (χ4n) is 1.99. The Kier molecular flexibility index (Phi) is 5.09. The Balaban J connectivity index is 1.88. The second kappa shape index (κ2) is 6.45. The molecule has 1 aliphatic rings. The Morgan fingerprint density at radius 2 is 1.95 bits per heavy atom. The minimum Gasteiger partial charge on any atom is -0.309 e. The first-order chi connectivity index (χ1) is 9.33. The Bertz CT molecular complexity index is 424. The summed E-state index contributed by atoms with van der Waals surface area (Å²) in [5.41, 5.74) is 0. The van der Waals surface area contributed by atoms with Gasteiger partial charge < -0.3 is 5.32 Å². The molecule has 0 aromatic carbocycles. The quantitative estimate of drug-likeness (QED) is 0.825. The first-order valence-electron chi connectivity index (χ1n) is 6.95. The molecule has 1 fully saturated rings. The molecule has 0 amide bonds. The Morgan fingerprint density at radius 1 is 1.30 bits per heavy atom. The molecule has 0 saturated heterocycles. The van der Waals surface area contributed by atoms with Gasteiger partial charge in [0.1, 0.15) is 0 Å². The topological polar surface area (TPSA) is 15.3 Å². The molecule has 0 spiro atoms. The van der Waals surface area contributed by atoms with Crippen molar-refractivity contribution in [2.24, 2.45) is 0 Å². The minimum atomic E-state index is -4.14. The van der Waals surface area contributed by atoms with Crippen LogP contribution in [0.5, 0.6) is 0 Å². The van der Waals surface area contributed by atoms with Crippen molar-refractivity contribution in [1.29, 1.82) is 0 Å². The van der Waals surface area contributed by atoms with Crippen LogP contribution in [0.4, 0.5) is 13.2 Å². The van der Waals surface area contributed by atoms with Gasteiger partial charge in [0.25, 0.3) is 0 Å².